The van der Waals surface area contributed by atoms with Crippen LogP contribution in [0.5, 0.6) is 11.6 Å². The molecule has 0 saturated heterocycles. The van der Waals surface area contributed by atoms with Gasteiger partial charge in [0.05, 0.1) is 24.7 Å². The number of aromatic nitrogens is 1. The molecule has 0 unspecified atom stereocenters. The summed E-state index contributed by atoms with van der Waals surface area (Å²) in [6.45, 7) is -0.908. The number of ether oxygens (including phenoxy) is 2. The molecule has 1 aromatic heterocycles. The number of aliphatic hydroxyl groups excluding tert-OH is 1. The maximum atomic E-state index is 12.0. The van der Waals surface area contributed by atoms with Gasteiger partial charge in [0.15, 0.2) is 5.75 Å². The molecule has 0 spiro atoms. The van der Waals surface area contributed by atoms with E-state index in [1.807, 2.05) is 0 Å². The molecule has 0 fully saturated rings. The third-order valence-electron chi connectivity index (χ3n) is 1.79. The SMILES string of the molecule is COc1cc([N+](=O)[O-])c(CO)nc1OC(F)(F)F. The van der Waals surface area contributed by atoms with Crippen LogP contribution in [-0.4, -0.2) is 28.5 Å². The summed E-state index contributed by atoms with van der Waals surface area (Å²) in [6, 6.07) is 0.694. The second-order valence-electron chi connectivity index (χ2n) is 2.92. The Morgan fingerprint density at radius 3 is 2.56 bits per heavy atom. The molecular formula is C8H7F3N2O5. The van der Waals surface area contributed by atoms with Gasteiger partial charge in [-0.15, -0.1) is 13.2 Å². The minimum Gasteiger partial charge on any atom is -0.491 e. The lowest BCUT2D eigenvalue weighted by molar-refractivity contribution is -0.386. The van der Waals surface area contributed by atoms with Crippen LogP contribution in [0.1, 0.15) is 5.69 Å². The molecular weight excluding hydrogens is 261 g/mol. The smallest absolute Gasteiger partial charge is 0.491 e. The van der Waals surface area contributed by atoms with Crippen molar-refractivity contribution in [3.8, 4) is 11.6 Å². The van der Waals surface area contributed by atoms with Gasteiger partial charge in [0.2, 0.25) is 0 Å². The molecule has 10 heteroatoms. The molecule has 0 aliphatic rings. The first-order chi connectivity index (χ1) is 8.28. The van der Waals surface area contributed by atoms with E-state index in [1.165, 1.54) is 0 Å². The average Bonchev–Trinajstić information content (AvgIpc) is 2.25. The van der Waals surface area contributed by atoms with Crippen LogP contribution in [0.4, 0.5) is 18.9 Å². The third kappa shape index (κ3) is 3.20. The molecule has 0 aliphatic carbocycles. The summed E-state index contributed by atoms with van der Waals surface area (Å²) in [7, 11) is 1.00. The van der Waals surface area contributed by atoms with Gasteiger partial charge in [-0.3, -0.25) is 10.1 Å². The van der Waals surface area contributed by atoms with Gasteiger partial charge in [-0.25, -0.2) is 4.98 Å². The number of nitro groups is 1. The van der Waals surface area contributed by atoms with Crippen molar-refractivity contribution in [3.63, 3.8) is 0 Å². The van der Waals surface area contributed by atoms with E-state index in [2.05, 4.69) is 14.5 Å². The van der Waals surface area contributed by atoms with Gasteiger partial charge in [0, 0.05) is 0 Å². The maximum absolute atomic E-state index is 12.0. The van der Waals surface area contributed by atoms with Crippen molar-refractivity contribution in [2.24, 2.45) is 0 Å². The lowest BCUT2D eigenvalue weighted by atomic mass is 10.3. The predicted molar refractivity (Wildman–Crippen MR) is 50.0 cm³/mol. The standard InChI is InChI=1S/C8H7F3N2O5/c1-17-6-2-5(13(15)16)4(3-14)12-7(6)18-8(9,10)11/h2,14H,3H2,1H3. The van der Waals surface area contributed by atoms with E-state index in [9.17, 15) is 23.3 Å². The van der Waals surface area contributed by atoms with Gasteiger partial charge >= 0.3 is 6.36 Å². The van der Waals surface area contributed by atoms with E-state index in [1.54, 1.807) is 0 Å². The van der Waals surface area contributed by atoms with Crippen molar-refractivity contribution < 1.29 is 32.7 Å². The maximum Gasteiger partial charge on any atom is 0.574 e. The van der Waals surface area contributed by atoms with Crippen molar-refractivity contribution in [1.82, 2.24) is 4.98 Å². The summed E-state index contributed by atoms with van der Waals surface area (Å²) in [5.41, 5.74) is -1.22. The van der Waals surface area contributed by atoms with Gasteiger partial charge in [0.25, 0.3) is 11.6 Å². The second-order valence-corrected chi connectivity index (χ2v) is 2.92. The molecule has 0 atom stereocenters. The van der Waals surface area contributed by atoms with E-state index in [0.717, 1.165) is 7.11 Å². The van der Waals surface area contributed by atoms with Crippen LogP contribution < -0.4 is 9.47 Å². The highest BCUT2D eigenvalue weighted by molar-refractivity contribution is 5.47. The first-order valence-corrected chi connectivity index (χ1v) is 4.37. The van der Waals surface area contributed by atoms with Crippen LogP contribution >= 0.6 is 0 Å². The zero-order valence-electron chi connectivity index (χ0n) is 8.89. The van der Waals surface area contributed by atoms with Crippen LogP contribution in [0.2, 0.25) is 0 Å². The van der Waals surface area contributed by atoms with Crippen LogP contribution in [0, 0.1) is 10.1 Å². The number of nitrogens with zero attached hydrogens (tertiary/aromatic N) is 2. The normalized spacial score (nSPS) is 11.2. The first kappa shape index (κ1) is 14.0. The van der Waals surface area contributed by atoms with Gasteiger partial charge < -0.3 is 14.6 Å². The number of hydrogen-bond acceptors (Lipinski definition) is 6. The Hall–Kier alpha value is -2.10. The van der Waals surface area contributed by atoms with E-state index >= 15 is 0 Å². The summed E-state index contributed by atoms with van der Waals surface area (Å²) in [5.74, 6) is -1.56. The number of rotatable bonds is 4. The van der Waals surface area contributed by atoms with Gasteiger partial charge in [0.1, 0.15) is 5.69 Å². The van der Waals surface area contributed by atoms with Crippen LogP contribution in [0.25, 0.3) is 0 Å². The number of alkyl halides is 3. The lowest BCUT2D eigenvalue weighted by Gasteiger charge is -2.12. The lowest BCUT2D eigenvalue weighted by Crippen LogP contribution is -2.19. The molecule has 100 valence electrons. The molecule has 1 heterocycles. The average molecular weight is 268 g/mol. The number of methoxy groups -OCH3 is 1. The van der Waals surface area contributed by atoms with E-state index in [4.69, 9.17) is 5.11 Å². The van der Waals surface area contributed by atoms with E-state index < -0.39 is 40.9 Å². The molecule has 0 aliphatic heterocycles. The van der Waals surface area contributed by atoms with E-state index in [-0.39, 0.29) is 0 Å². The first-order valence-electron chi connectivity index (χ1n) is 4.37. The Morgan fingerprint density at radius 2 is 2.17 bits per heavy atom. The van der Waals surface area contributed by atoms with Crippen LogP contribution in [-0.2, 0) is 6.61 Å². The fourth-order valence-electron chi connectivity index (χ4n) is 1.11. The molecule has 18 heavy (non-hydrogen) atoms. The number of aliphatic hydroxyl groups is 1. The minimum absolute atomic E-state index is 0.556. The van der Waals surface area contributed by atoms with E-state index in [0.29, 0.717) is 6.07 Å². The Morgan fingerprint density at radius 1 is 1.56 bits per heavy atom. The van der Waals surface area contributed by atoms with Crippen LogP contribution in [0.3, 0.4) is 0 Å². The molecule has 7 nitrogen and oxygen atoms in total. The molecule has 0 bridgehead atoms. The summed E-state index contributed by atoms with van der Waals surface area (Å²) in [4.78, 5) is 12.9. The highest BCUT2D eigenvalue weighted by Crippen LogP contribution is 2.34. The Balaban J connectivity index is 3.30. The number of pyridine rings is 1. The molecule has 1 rings (SSSR count). The van der Waals surface area contributed by atoms with Crippen LogP contribution in [0.15, 0.2) is 6.07 Å². The summed E-state index contributed by atoms with van der Waals surface area (Å²) in [6.07, 6.45) is -5.02. The number of halogens is 3. The molecule has 0 amide bonds. The largest absolute Gasteiger partial charge is 0.574 e. The molecule has 0 radical (unpaired) electrons. The van der Waals surface area contributed by atoms with Crippen molar-refractivity contribution >= 4 is 5.69 Å². The van der Waals surface area contributed by atoms with Gasteiger partial charge in [-0.2, -0.15) is 0 Å². The predicted octanol–water partition coefficient (Wildman–Crippen LogP) is 1.39. The zero-order valence-corrected chi connectivity index (χ0v) is 8.89. The highest BCUT2D eigenvalue weighted by Gasteiger charge is 2.34. The summed E-state index contributed by atoms with van der Waals surface area (Å²) < 4.78 is 44.2. The fourth-order valence-corrected chi connectivity index (χ4v) is 1.11. The van der Waals surface area contributed by atoms with Crippen molar-refractivity contribution in [2.45, 2.75) is 13.0 Å². The molecule has 0 aromatic carbocycles. The second kappa shape index (κ2) is 5.04. The van der Waals surface area contributed by atoms with Gasteiger partial charge in [-0.1, -0.05) is 0 Å². The molecule has 0 saturated carbocycles. The van der Waals surface area contributed by atoms with Gasteiger partial charge in [-0.05, 0) is 0 Å². The van der Waals surface area contributed by atoms with Crippen molar-refractivity contribution in [3.05, 3.63) is 21.9 Å². The topological polar surface area (TPSA) is 94.7 Å². The highest BCUT2D eigenvalue weighted by atomic mass is 19.4. The Bertz CT molecular complexity index is 463. The molecule has 1 N–H and O–H groups in total. The quantitative estimate of drug-likeness (QED) is 0.655. The number of hydrogen-bond donors (Lipinski definition) is 1. The monoisotopic (exact) mass is 268 g/mol. The fraction of sp³-hybridized carbons (Fsp3) is 0.375. The van der Waals surface area contributed by atoms with Crippen molar-refractivity contribution in [1.29, 1.82) is 0 Å². The molecule has 1 aromatic rings. The van der Waals surface area contributed by atoms with Crippen molar-refractivity contribution in [2.75, 3.05) is 7.11 Å². The third-order valence-corrected chi connectivity index (χ3v) is 1.79. The minimum atomic E-state index is -5.02. The summed E-state index contributed by atoms with van der Waals surface area (Å²) in [5, 5.41) is 19.4. The summed E-state index contributed by atoms with van der Waals surface area (Å²) >= 11 is 0. The Kier molecular flexibility index (Phi) is 3.91. The zero-order chi connectivity index (χ0) is 13.9. The Labute approximate surface area is 97.9 Å².